The number of aliphatic carboxylic acids is 1. The standard InChI is InChI=1S/C17H21FO2/c18-16-11-9-15(10-12-16)14-7-5-13(6-8-14)3-1-2-4-17(19)20/h2,4,9-14H,1,3,5-8H2,(H,19,20)/b4-2+. The summed E-state index contributed by atoms with van der Waals surface area (Å²) in [7, 11) is 0. The highest BCUT2D eigenvalue weighted by atomic mass is 19.1. The van der Waals surface area contributed by atoms with Crippen LogP contribution in [0.5, 0.6) is 0 Å². The molecule has 1 aromatic carbocycles. The van der Waals surface area contributed by atoms with Crippen molar-refractivity contribution < 1.29 is 14.3 Å². The zero-order valence-electron chi connectivity index (χ0n) is 11.6. The Morgan fingerprint density at radius 3 is 2.45 bits per heavy atom. The van der Waals surface area contributed by atoms with Crippen molar-refractivity contribution in [2.75, 3.05) is 0 Å². The average molecular weight is 276 g/mol. The lowest BCUT2D eigenvalue weighted by Crippen LogP contribution is -2.13. The molecule has 0 heterocycles. The molecule has 2 nitrogen and oxygen atoms in total. The van der Waals surface area contributed by atoms with Crippen LogP contribution in [-0.2, 0) is 4.79 Å². The van der Waals surface area contributed by atoms with Crippen molar-refractivity contribution in [2.45, 2.75) is 44.4 Å². The van der Waals surface area contributed by atoms with Gasteiger partial charge in [0.25, 0.3) is 0 Å². The summed E-state index contributed by atoms with van der Waals surface area (Å²) < 4.78 is 12.9. The Morgan fingerprint density at radius 1 is 1.20 bits per heavy atom. The fourth-order valence-corrected chi connectivity index (χ4v) is 3.04. The fraction of sp³-hybridized carbons (Fsp3) is 0.471. The molecule has 108 valence electrons. The van der Waals surface area contributed by atoms with Gasteiger partial charge in [-0.25, -0.2) is 9.18 Å². The third-order valence-corrected chi connectivity index (χ3v) is 4.19. The molecule has 0 atom stereocenters. The SMILES string of the molecule is O=C(O)/C=C/CCC1CCC(c2ccc(F)cc2)CC1. The number of benzene rings is 1. The molecular formula is C17H21FO2. The van der Waals surface area contributed by atoms with Crippen molar-refractivity contribution in [1.29, 1.82) is 0 Å². The number of rotatable bonds is 5. The van der Waals surface area contributed by atoms with Gasteiger partial charge in [-0.05, 0) is 68.1 Å². The predicted molar refractivity (Wildman–Crippen MR) is 77.1 cm³/mol. The first-order chi connectivity index (χ1) is 9.65. The first kappa shape index (κ1) is 14.8. The van der Waals surface area contributed by atoms with Gasteiger partial charge in [-0.3, -0.25) is 0 Å². The van der Waals surface area contributed by atoms with Crippen molar-refractivity contribution in [3.63, 3.8) is 0 Å². The Hall–Kier alpha value is -1.64. The fourth-order valence-electron chi connectivity index (χ4n) is 3.04. The maximum absolute atomic E-state index is 12.9. The molecule has 1 N–H and O–H groups in total. The van der Waals surface area contributed by atoms with Gasteiger partial charge in [-0.1, -0.05) is 18.2 Å². The van der Waals surface area contributed by atoms with E-state index in [-0.39, 0.29) is 5.82 Å². The van der Waals surface area contributed by atoms with E-state index in [0.717, 1.165) is 25.7 Å². The van der Waals surface area contributed by atoms with Gasteiger partial charge in [0.1, 0.15) is 5.82 Å². The third kappa shape index (κ3) is 4.48. The molecule has 0 amide bonds. The quantitative estimate of drug-likeness (QED) is 0.803. The van der Waals surface area contributed by atoms with Crippen LogP contribution >= 0.6 is 0 Å². The summed E-state index contributed by atoms with van der Waals surface area (Å²) >= 11 is 0. The summed E-state index contributed by atoms with van der Waals surface area (Å²) in [4.78, 5) is 10.4. The molecule has 0 aromatic heterocycles. The first-order valence-electron chi connectivity index (χ1n) is 7.30. The van der Waals surface area contributed by atoms with E-state index >= 15 is 0 Å². The van der Waals surface area contributed by atoms with Crippen molar-refractivity contribution in [1.82, 2.24) is 0 Å². The summed E-state index contributed by atoms with van der Waals surface area (Å²) in [6.07, 6.45) is 9.56. The summed E-state index contributed by atoms with van der Waals surface area (Å²) in [5.41, 5.74) is 1.25. The maximum Gasteiger partial charge on any atom is 0.327 e. The van der Waals surface area contributed by atoms with Crippen molar-refractivity contribution >= 4 is 5.97 Å². The Labute approximate surface area is 119 Å². The van der Waals surface area contributed by atoms with Crippen molar-refractivity contribution in [2.24, 2.45) is 5.92 Å². The van der Waals surface area contributed by atoms with Crippen LogP contribution in [0.1, 0.15) is 50.0 Å². The molecule has 0 unspecified atom stereocenters. The number of hydrogen-bond donors (Lipinski definition) is 1. The molecule has 0 spiro atoms. The lowest BCUT2D eigenvalue weighted by molar-refractivity contribution is -0.131. The minimum atomic E-state index is -0.870. The van der Waals surface area contributed by atoms with E-state index in [0.29, 0.717) is 11.8 Å². The van der Waals surface area contributed by atoms with E-state index in [1.165, 1.54) is 36.6 Å². The van der Waals surface area contributed by atoms with E-state index in [1.807, 2.05) is 12.1 Å². The Balaban J connectivity index is 1.75. The molecule has 0 aliphatic heterocycles. The second kappa shape index (κ2) is 7.22. The first-order valence-corrected chi connectivity index (χ1v) is 7.30. The predicted octanol–water partition coefficient (Wildman–Crippen LogP) is 4.52. The molecule has 3 heteroatoms. The number of allylic oxidation sites excluding steroid dienone is 1. The van der Waals surface area contributed by atoms with Gasteiger partial charge in [0.2, 0.25) is 0 Å². The highest BCUT2D eigenvalue weighted by Crippen LogP contribution is 2.37. The second-order valence-corrected chi connectivity index (χ2v) is 5.59. The lowest BCUT2D eigenvalue weighted by atomic mass is 9.77. The number of carboxylic acids is 1. The molecule has 1 aliphatic carbocycles. The van der Waals surface area contributed by atoms with E-state index < -0.39 is 5.97 Å². The van der Waals surface area contributed by atoms with Gasteiger partial charge in [-0.2, -0.15) is 0 Å². The number of halogens is 1. The maximum atomic E-state index is 12.9. The molecule has 1 aliphatic rings. The molecule has 1 aromatic rings. The molecule has 1 fully saturated rings. The van der Waals surface area contributed by atoms with Gasteiger partial charge in [0.15, 0.2) is 0 Å². The zero-order valence-corrected chi connectivity index (χ0v) is 11.6. The average Bonchev–Trinajstić information content (AvgIpc) is 2.45. The highest BCUT2D eigenvalue weighted by Gasteiger charge is 2.21. The Morgan fingerprint density at radius 2 is 1.85 bits per heavy atom. The smallest absolute Gasteiger partial charge is 0.327 e. The van der Waals surface area contributed by atoms with Gasteiger partial charge in [0, 0.05) is 6.08 Å². The van der Waals surface area contributed by atoms with Crippen LogP contribution in [0, 0.1) is 11.7 Å². The van der Waals surface area contributed by atoms with E-state index in [4.69, 9.17) is 5.11 Å². The van der Waals surface area contributed by atoms with Crippen LogP contribution in [0.15, 0.2) is 36.4 Å². The molecule has 0 radical (unpaired) electrons. The van der Waals surface area contributed by atoms with E-state index in [1.54, 1.807) is 6.08 Å². The molecule has 20 heavy (non-hydrogen) atoms. The topological polar surface area (TPSA) is 37.3 Å². The zero-order chi connectivity index (χ0) is 14.4. The van der Waals surface area contributed by atoms with Crippen molar-refractivity contribution in [3.8, 4) is 0 Å². The molecule has 0 bridgehead atoms. The normalized spacial score (nSPS) is 23.1. The van der Waals surface area contributed by atoms with Gasteiger partial charge in [-0.15, -0.1) is 0 Å². The van der Waals surface area contributed by atoms with Gasteiger partial charge in [0.05, 0.1) is 0 Å². The molecule has 0 saturated heterocycles. The Bertz CT molecular complexity index is 456. The van der Waals surface area contributed by atoms with Gasteiger partial charge >= 0.3 is 5.97 Å². The minimum absolute atomic E-state index is 0.173. The largest absolute Gasteiger partial charge is 0.478 e. The van der Waals surface area contributed by atoms with Crippen molar-refractivity contribution in [3.05, 3.63) is 47.8 Å². The summed E-state index contributed by atoms with van der Waals surface area (Å²) in [5.74, 6) is 0.212. The molecular weight excluding hydrogens is 255 g/mol. The number of hydrogen-bond acceptors (Lipinski definition) is 1. The highest BCUT2D eigenvalue weighted by molar-refractivity contribution is 5.79. The van der Waals surface area contributed by atoms with Crippen LogP contribution in [-0.4, -0.2) is 11.1 Å². The van der Waals surface area contributed by atoms with Crippen LogP contribution in [0.3, 0.4) is 0 Å². The third-order valence-electron chi connectivity index (χ3n) is 4.19. The monoisotopic (exact) mass is 276 g/mol. The van der Waals surface area contributed by atoms with E-state index in [2.05, 4.69) is 0 Å². The lowest BCUT2D eigenvalue weighted by Gasteiger charge is -2.28. The summed E-state index contributed by atoms with van der Waals surface area (Å²) in [5, 5.41) is 8.52. The second-order valence-electron chi connectivity index (χ2n) is 5.59. The van der Waals surface area contributed by atoms with Crippen LogP contribution in [0.25, 0.3) is 0 Å². The van der Waals surface area contributed by atoms with E-state index in [9.17, 15) is 9.18 Å². The van der Waals surface area contributed by atoms with Crippen LogP contribution in [0.2, 0.25) is 0 Å². The minimum Gasteiger partial charge on any atom is -0.478 e. The number of carbonyl (C=O) groups is 1. The summed E-state index contributed by atoms with van der Waals surface area (Å²) in [6.45, 7) is 0. The summed E-state index contributed by atoms with van der Waals surface area (Å²) in [6, 6.07) is 6.88. The number of carboxylic acid groups (broad SMARTS) is 1. The molecule has 2 rings (SSSR count). The Kier molecular flexibility index (Phi) is 5.33. The van der Waals surface area contributed by atoms with Crippen LogP contribution in [0.4, 0.5) is 4.39 Å². The van der Waals surface area contributed by atoms with Gasteiger partial charge < -0.3 is 5.11 Å². The van der Waals surface area contributed by atoms with Crippen LogP contribution < -0.4 is 0 Å². The molecule has 1 saturated carbocycles.